The van der Waals surface area contributed by atoms with E-state index in [9.17, 15) is 17.6 Å². The van der Waals surface area contributed by atoms with Gasteiger partial charge in [0.15, 0.2) is 0 Å². The summed E-state index contributed by atoms with van der Waals surface area (Å²) >= 11 is 0. The molecule has 0 saturated carbocycles. The molecule has 1 nitrogen and oxygen atoms in total. The van der Waals surface area contributed by atoms with Gasteiger partial charge in [0.05, 0.1) is 5.57 Å². The Morgan fingerprint density at radius 2 is 1.77 bits per heavy atom. The molecule has 0 aromatic heterocycles. The maximum Gasteiger partial charge on any atom is 0.416 e. The number of rotatable bonds is 7. The van der Waals surface area contributed by atoms with Gasteiger partial charge in [0.25, 0.3) is 0 Å². The van der Waals surface area contributed by atoms with Crippen LogP contribution in [0.15, 0.2) is 82.4 Å². The third kappa shape index (κ3) is 8.22. The van der Waals surface area contributed by atoms with Gasteiger partial charge in [-0.1, -0.05) is 43.2 Å². The molecule has 2 rings (SSSR count). The van der Waals surface area contributed by atoms with Crippen LogP contribution in [0, 0.1) is 11.7 Å². The lowest BCUT2D eigenvalue weighted by Gasteiger charge is -2.28. The summed E-state index contributed by atoms with van der Waals surface area (Å²) in [5.41, 5.74) is 2.16. The zero-order valence-corrected chi connectivity index (χ0v) is 21.3. The zero-order chi connectivity index (χ0) is 26.2. The topological polar surface area (TPSA) is 3.24 Å². The van der Waals surface area contributed by atoms with Gasteiger partial charge in [-0.3, -0.25) is 0 Å². The van der Waals surface area contributed by atoms with Crippen LogP contribution in [0.5, 0.6) is 0 Å². The first-order valence-electron chi connectivity index (χ1n) is 12.1. The summed E-state index contributed by atoms with van der Waals surface area (Å²) in [5.74, 6) is -0.923. The Labute approximate surface area is 206 Å². The normalized spacial score (nSPS) is 19.7. The lowest BCUT2D eigenvalue weighted by molar-refractivity contribution is -0.0884. The van der Waals surface area contributed by atoms with E-state index in [1.807, 2.05) is 13.1 Å². The fourth-order valence-corrected chi connectivity index (χ4v) is 4.37. The highest BCUT2D eigenvalue weighted by Crippen LogP contribution is 2.36. The molecule has 0 aliphatic carbocycles. The van der Waals surface area contributed by atoms with Gasteiger partial charge in [0.2, 0.25) is 0 Å². The van der Waals surface area contributed by atoms with Crippen molar-refractivity contribution in [3.05, 3.63) is 93.8 Å². The molecule has 1 heterocycles. The lowest BCUT2D eigenvalue weighted by Crippen LogP contribution is -2.23. The second-order valence-electron chi connectivity index (χ2n) is 9.19. The zero-order valence-electron chi connectivity index (χ0n) is 21.3. The molecule has 1 fully saturated rings. The minimum absolute atomic E-state index is 0.0739. The largest absolute Gasteiger partial charge is 0.416 e. The van der Waals surface area contributed by atoms with E-state index in [-0.39, 0.29) is 23.7 Å². The third-order valence-corrected chi connectivity index (χ3v) is 6.23. The molecule has 0 radical (unpaired) electrons. The molecule has 1 atom stereocenters. The standard InChI is InChI=1S/C29H36F5N/c1-6-10-23(29(32,33)34)18-26(27(31)7-2)25(20(3)4)19-28-22(11-8-9-16-35(28)5)17-21-12-14-24(30)15-13-21/h7,10,12-15,18-19,22H,6,8-9,11,16-17H2,1-5H3/b23-10-,26-18-,27-7+,28-19-. The number of allylic oxidation sites excluding steroid dienone is 10. The highest BCUT2D eigenvalue weighted by atomic mass is 19.4. The Morgan fingerprint density at radius 3 is 2.31 bits per heavy atom. The van der Waals surface area contributed by atoms with Gasteiger partial charge < -0.3 is 4.90 Å². The van der Waals surface area contributed by atoms with Gasteiger partial charge in [0.1, 0.15) is 11.6 Å². The molecule has 0 N–H and O–H groups in total. The molecule has 6 heteroatoms. The van der Waals surface area contributed by atoms with Crippen LogP contribution < -0.4 is 0 Å². The van der Waals surface area contributed by atoms with Crippen molar-refractivity contribution in [1.82, 2.24) is 4.90 Å². The molecule has 192 valence electrons. The number of halogens is 5. The number of alkyl halides is 3. The van der Waals surface area contributed by atoms with E-state index in [1.165, 1.54) is 25.1 Å². The van der Waals surface area contributed by atoms with Crippen molar-refractivity contribution in [2.45, 2.75) is 66.0 Å². The smallest absolute Gasteiger partial charge is 0.378 e. The van der Waals surface area contributed by atoms with Crippen LogP contribution in [0.3, 0.4) is 0 Å². The number of hydrogen-bond donors (Lipinski definition) is 0. The van der Waals surface area contributed by atoms with Crippen LogP contribution >= 0.6 is 0 Å². The average Bonchev–Trinajstić information content (AvgIpc) is 2.96. The summed E-state index contributed by atoms with van der Waals surface area (Å²) in [6.07, 6.45) is 4.19. The Kier molecular flexibility index (Phi) is 10.5. The van der Waals surface area contributed by atoms with E-state index >= 15 is 4.39 Å². The first kappa shape index (κ1) is 28.6. The van der Waals surface area contributed by atoms with Crippen molar-refractivity contribution in [1.29, 1.82) is 0 Å². The minimum atomic E-state index is -4.58. The predicted molar refractivity (Wildman–Crippen MR) is 134 cm³/mol. The lowest BCUT2D eigenvalue weighted by atomic mass is 9.88. The second kappa shape index (κ2) is 12.9. The maximum atomic E-state index is 15.1. The molecule has 1 aromatic carbocycles. The van der Waals surface area contributed by atoms with Crippen LogP contribution in [0.1, 0.15) is 58.9 Å². The van der Waals surface area contributed by atoms with Crippen LogP contribution in [0.4, 0.5) is 22.0 Å². The van der Waals surface area contributed by atoms with Crippen LogP contribution in [0.2, 0.25) is 0 Å². The molecular formula is C29H36F5N. The van der Waals surface area contributed by atoms with E-state index in [0.717, 1.165) is 54.8 Å². The van der Waals surface area contributed by atoms with E-state index in [4.69, 9.17) is 0 Å². The molecule has 0 spiro atoms. The Hall–Kier alpha value is -2.63. The summed E-state index contributed by atoms with van der Waals surface area (Å²) in [4.78, 5) is 2.11. The van der Waals surface area contributed by atoms with Gasteiger partial charge in [-0.05, 0) is 81.9 Å². The van der Waals surface area contributed by atoms with E-state index in [1.54, 1.807) is 32.9 Å². The van der Waals surface area contributed by atoms with Crippen molar-refractivity contribution in [3.63, 3.8) is 0 Å². The number of likely N-dealkylation sites (tertiary alicyclic amines) is 1. The number of benzene rings is 1. The fourth-order valence-electron chi connectivity index (χ4n) is 4.37. The van der Waals surface area contributed by atoms with E-state index in [2.05, 4.69) is 4.90 Å². The van der Waals surface area contributed by atoms with Crippen molar-refractivity contribution < 1.29 is 22.0 Å². The van der Waals surface area contributed by atoms with Crippen molar-refractivity contribution >= 4 is 0 Å². The molecule has 0 amide bonds. The number of hydrogen-bond acceptors (Lipinski definition) is 1. The van der Waals surface area contributed by atoms with Crippen molar-refractivity contribution in [2.24, 2.45) is 5.92 Å². The van der Waals surface area contributed by atoms with Crippen LogP contribution in [-0.4, -0.2) is 24.7 Å². The highest BCUT2D eigenvalue weighted by molar-refractivity contribution is 5.55. The van der Waals surface area contributed by atoms with Gasteiger partial charge in [-0.15, -0.1) is 0 Å². The Morgan fingerprint density at radius 1 is 1.11 bits per heavy atom. The summed E-state index contributed by atoms with van der Waals surface area (Å²) < 4.78 is 69.6. The Balaban J connectivity index is 2.65. The molecule has 1 aliphatic rings. The van der Waals surface area contributed by atoms with Crippen molar-refractivity contribution in [2.75, 3.05) is 13.6 Å². The summed E-state index contributed by atoms with van der Waals surface area (Å²) in [5, 5.41) is 0. The quantitative estimate of drug-likeness (QED) is 0.271. The predicted octanol–water partition coefficient (Wildman–Crippen LogP) is 9.02. The first-order chi connectivity index (χ1) is 16.5. The van der Waals surface area contributed by atoms with Gasteiger partial charge in [-0.2, -0.15) is 13.2 Å². The highest BCUT2D eigenvalue weighted by Gasteiger charge is 2.33. The third-order valence-electron chi connectivity index (χ3n) is 6.23. The molecule has 1 aromatic rings. The van der Waals surface area contributed by atoms with E-state index < -0.39 is 17.6 Å². The number of nitrogens with zero attached hydrogens (tertiary/aromatic N) is 1. The summed E-state index contributed by atoms with van der Waals surface area (Å²) in [6, 6.07) is 6.38. The van der Waals surface area contributed by atoms with Gasteiger partial charge in [0, 0.05) is 30.8 Å². The van der Waals surface area contributed by atoms with Crippen LogP contribution in [-0.2, 0) is 6.42 Å². The summed E-state index contributed by atoms with van der Waals surface area (Å²) in [7, 11) is 1.96. The Bertz CT molecular complexity index is 1000. The van der Waals surface area contributed by atoms with Crippen molar-refractivity contribution in [3.8, 4) is 0 Å². The molecule has 0 bridgehead atoms. The molecule has 1 aliphatic heterocycles. The SMILES string of the molecule is C\C=C(F)/C(=C\C(=C\CC)C(F)(F)F)C(/C=C1/C(Cc2ccc(F)cc2)CCCCN1C)=C(C)C. The molecule has 1 saturated heterocycles. The monoisotopic (exact) mass is 493 g/mol. The average molecular weight is 494 g/mol. The van der Waals surface area contributed by atoms with Crippen LogP contribution in [0.25, 0.3) is 0 Å². The maximum absolute atomic E-state index is 15.1. The second-order valence-corrected chi connectivity index (χ2v) is 9.19. The van der Waals surface area contributed by atoms with Gasteiger partial charge in [-0.25, -0.2) is 8.78 Å². The molecule has 35 heavy (non-hydrogen) atoms. The fraction of sp³-hybridized carbons (Fsp3) is 0.448. The first-order valence-corrected chi connectivity index (χ1v) is 12.1. The summed E-state index contributed by atoms with van der Waals surface area (Å²) in [6.45, 7) is 7.47. The molecule has 1 unspecified atom stereocenters. The minimum Gasteiger partial charge on any atom is -0.378 e. The van der Waals surface area contributed by atoms with Gasteiger partial charge >= 0.3 is 6.18 Å². The van der Waals surface area contributed by atoms with E-state index in [0.29, 0.717) is 12.0 Å². The molecular weight excluding hydrogens is 457 g/mol.